The maximum atomic E-state index is 12.5. The number of carbonyl (C=O) groups is 1. The lowest BCUT2D eigenvalue weighted by Crippen LogP contribution is -2.13. The molecule has 106 valence electrons. The minimum absolute atomic E-state index is 0.0597. The predicted molar refractivity (Wildman–Crippen MR) is 84.3 cm³/mol. The highest BCUT2D eigenvalue weighted by atomic mass is 35.5. The summed E-state index contributed by atoms with van der Waals surface area (Å²) in [6.07, 6.45) is 0. The fourth-order valence-electron chi connectivity index (χ4n) is 2.06. The molecule has 0 unspecified atom stereocenters. The van der Waals surface area contributed by atoms with Gasteiger partial charge in [-0.3, -0.25) is 4.79 Å². The Kier molecular flexibility index (Phi) is 3.94. The topological polar surface area (TPSA) is 37.3 Å². The lowest BCUT2D eigenvalue weighted by Gasteiger charge is -2.22. The van der Waals surface area contributed by atoms with Crippen LogP contribution in [0.1, 0.15) is 47.1 Å². The second kappa shape index (κ2) is 5.23. The number of phenolic OH excluding ortho intramolecular Hbond substituents is 1. The third-order valence-electron chi connectivity index (χ3n) is 3.17. The second-order valence-corrected chi connectivity index (χ2v) is 7.59. The average Bonchev–Trinajstić information content (AvgIpc) is 2.76. The lowest BCUT2D eigenvalue weighted by molar-refractivity contribution is 0.104. The number of thiophene rings is 1. The molecular weight excluding hydrogens is 292 g/mol. The van der Waals surface area contributed by atoms with Gasteiger partial charge in [0.1, 0.15) is 5.75 Å². The molecule has 2 aromatic rings. The van der Waals surface area contributed by atoms with Gasteiger partial charge in [0.05, 0.1) is 9.21 Å². The number of hydrogen-bond acceptors (Lipinski definition) is 3. The second-order valence-electron chi connectivity index (χ2n) is 5.87. The number of rotatable bonds is 2. The van der Waals surface area contributed by atoms with Crippen molar-refractivity contribution in [1.82, 2.24) is 0 Å². The highest BCUT2D eigenvalue weighted by Gasteiger charge is 2.22. The van der Waals surface area contributed by atoms with Crippen molar-refractivity contribution in [2.45, 2.75) is 33.1 Å². The molecule has 0 amide bonds. The summed E-state index contributed by atoms with van der Waals surface area (Å²) in [4.78, 5) is 13.1. The van der Waals surface area contributed by atoms with Crippen molar-refractivity contribution in [3.63, 3.8) is 0 Å². The van der Waals surface area contributed by atoms with Crippen molar-refractivity contribution in [1.29, 1.82) is 0 Å². The first-order valence-electron chi connectivity index (χ1n) is 6.34. The minimum atomic E-state index is -0.224. The summed E-state index contributed by atoms with van der Waals surface area (Å²) in [5.74, 6) is 0.203. The van der Waals surface area contributed by atoms with Crippen LogP contribution >= 0.6 is 22.9 Å². The molecule has 0 spiro atoms. The Hall–Kier alpha value is -1.32. The molecular formula is C16H17ClO2S. The van der Waals surface area contributed by atoms with Crippen LogP contribution in [0.4, 0.5) is 0 Å². The van der Waals surface area contributed by atoms with E-state index in [4.69, 9.17) is 11.6 Å². The first kappa shape index (κ1) is 15.1. The van der Waals surface area contributed by atoms with Gasteiger partial charge in [-0.15, -0.1) is 11.3 Å². The molecule has 0 bridgehead atoms. The Bertz CT molecular complexity index is 666. The van der Waals surface area contributed by atoms with Gasteiger partial charge in [0.25, 0.3) is 0 Å². The summed E-state index contributed by atoms with van der Waals surface area (Å²) in [5.41, 5.74) is 1.86. The predicted octanol–water partition coefficient (Wildman–Crippen LogP) is 4.94. The first-order chi connectivity index (χ1) is 9.20. The van der Waals surface area contributed by atoms with Crippen LogP contribution in [-0.4, -0.2) is 10.9 Å². The van der Waals surface area contributed by atoms with Gasteiger partial charge >= 0.3 is 0 Å². The van der Waals surface area contributed by atoms with Crippen molar-refractivity contribution in [3.8, 4) is 5.75 Å². The SMILES string of the molecule is Cc1cc(C(=O)c2ccc(Cl)s2)cc(C(C)(C)C)c1O. The summed E-state index contributed by atoms with van der Waals surface area (Å²) in [6, 6.07) is 6.95. The van der Waals surface area contributed by atoms with E-state index in [1.807, 2.05) is 27.7 Å². The van der Waals surface area contributed by atoms with E-state index in [1.165, 1.54) is 11.3 Å². The van der Waals surface area contributed by atoms with Crippen LogP contribution in [0, 0.1) is 6.92 Å². The standard InChI is InChI=1S/C16H17ClO2S/c1-9-7-10(8-11(14(9)18)16(2,3)4)15(19)12-5-6-13(17)20-12/h5-8,18H,1-4H3. The van der Waals surface area contributed by atoms with Crippen LogP contribution < -0.4 is 0 Å². The monoisotopic (exact) mass is 308 g/mol. The van der Waals surface area contributed by atoms with Crippen LogP contribution in [0.5, 0.6) is 5.75 Å². The van der Waals surface area contributed by atoms with Crippen molar-refractivity contribution in [3.05, 3.63) is 50.2 Å². The Morgan fingerprint density at radius 3 is 2.40 bits per heavy atom. The highest BCUT2D eigenvalue weighted by molar-refractivity contribution is 7.18. The van der Waals surface area contributed by atoms with Gasteiger partial charge < -0.3 is 5.11 Å². The van der Waals surface area contributed by atoms with Crippen LogP contribution in [0.15, 0.2) is 24.3 Å². The molecule has 0 aliphatic heterocycles. The maximum absolute atomic E-state index is 12.5. The van der Waals surface area contributed by atoms with E-state index >= 15 is 0 Å². The highest BCUT2D eigenvalue weighted by Crippen LogP contribution is 2.35. The third-order valence-corrected chi connectivity index (χ3v) is 4.40. The smallest absolute Gasteiger partial charge is 0.203 e. The molecule has 0 fully saturated rings. The molecule has 0 saturated heterocycles. The molecule has 1 aromatic carbocycles. The van der Waals surface area contributed by atoms with Crippen LogP contribution in [0.25, 0.3) is 0 Å². The summed E-state index contributed by atoms with van der Waals surface area (Å²) < 4.78 is 0.597. The Morgan fingerprint density at radius 2 is 1.90 bits per heavy atom. The van der Waals surface area contributed by atoms with Crippen LogP contribution in [0.2, 0.25) is 4.34 Å². The lowest BCUT2D eigenvalue weighted by atomic mass is 9.83. The van der Waals surface area contributed by atoms with Crippen LogP contribution in [-0.2, 0) is 5.41 Å². The summed E-state index contributed by atoms with van der Waals surface area (Å²) >= 11 is 7.15. The van der Waals surface area contributed by atoms with E-state index in [0.717, 1.165) is 5.56 Å². The van der Waals surface area contributed by atoms with E-state index in [0.29, 0.717) is 20.3 Å². The molecule has 4 heteroatoms. The molecule has 1 heterocycles. The van der Waals surface area contributed by atoms with Gasteiger partial charge in [0.2, 0.25) is 5.78 Å². The molecule has 0 radical (unpaired) electrons. The van der Waals surface area contributed by atoms with E-state index in [2.05, 4.69) is 0 Å². The number of carbonyl (C=O) groups excluding carboxylic acids is 1. The molecule has 0 saturated carbocycles. The number of aryl methyl sites for hydroxylation is 1. The van der Waals surface area contributed by atoms with Crippen molar-refractivity contribution in [2.24, 2.45) is 0 Å². The normalized spacial score (nSPS) is 11.7. The fourth-order valence-corrected chi connectivity index (χ4v) is 3.07. The maximum Gasteiger partial charge on any atom is 0.203 e. The van der Waals surface area contributed by atoms with Gasteiger partial charge in [-0.25, -0.2) is 0 Å². The molecule has 20 heavy (non-hydrogen) atoms. The number of halogens is 1. The molecule has 0 atom stereocenters. The number of hydrogen-bond donors (Lipinski definition) is 1. The largest absolute Gasteiger partial charge is 0.507 e. The van der Waals surface area contributed by atoms with Gasteiger partial charge in [-0.2, -0.15) is 0 Å². The molecule has 0 aliphatic carbocycles. The molecule has 2 nitrogen and oxygen atoms in total. The Morgan fingerprint density at radius 1 is 1.25 bits per heavy atom. The molecule has 0 aliphatic rings. The quantitative estimate of drug-likeness (QED) is 0.797. The summed E-state index contributed by atoms with van der Waals surface area (Å²) in [6.45, 7) is 7.84. The Balaban J connectivity index is 2.53. The van der Waals surface area contributed by atoms with E-state index in [1.54, 1.807) is 24.3 Å². The van der Waals surface area contributed by atoms with Gasteiger partial charge in [-0.1, -0.05) is 32.4 Å². The van der Waals surface area contributed by atoms with Crippen LogP contribution in [0.3, 0.4) is 0 Å². The molecule has 1 N–H and O–H groups in total. The van der Waals surface area contributed by atoms with E-state index < -0.39 is 0 Å². The third kappa shape index (κ3) is 2.89. The number of ketones is 1. The minimum Gasteiger partial charge on any atom is -0.507 e. The van der Waals surface area contributed by atoms with Gasteiger partial charge in [0, 0.05) is 11.1 Å². The van der Waals surface area contributed by atoms with E-state index in [-0.39, 0.29) is 16.9 Å². The van der Waals surface area contributed by atoms with Crippen molar-refractivity contribution in [2.75, 3.05) is 0 Å². The zero-order chi connectivity index (χ0) is 15.1. The Labute approximate surface area is 128 Å². The van der Waals surface area contributed by atoms with Gasteiger partial charge in [0.15, 0.2) is 0 Å². The van der Waals surface area contributed by atoms with Gasteiger partial charge in [-0.05, 0) is 42.2 Å². The van der Waals surface area contributed by atoms with E-state index in [9.17, 15) is 9.90 Å². The number of phenols is 1. The zero-order valence-corrected chi connectivity index (χ0v) is 13.5. The number of aromatic hydroxyl groups is 1. The van der Waals surface area contributed by atoms with Crippen molar-refractivity contribution >= 4 is 28.7 Å². The summed E-state index contributed by atoms with van der Waals surface area (Å²) in [7, 11) is 0. The average molecular weight is 309 g/mol. The first-order valence-corrected chi connectivity index (χ1v) is 7.53. The van der Waals surface area contributed by atoms with Crippen molar-refractivity contribution < 1.29 is 9.90 Å². The number of benzene rings is 1. The molecule has 2 rings (SSSR count). The fraction of sp³-hybridized carbons (Fsp3) is 0.312. The summed E-state index contributed by atoms with van der Waals surface area (Å²) in [5, 5.41) is 10.2. The molecule has 1 aromatic heterocycles. The zero-order valence-electron chi connectivity index (χ0n) is 12.0.